The van der Waals surface area contributed by atoms with E-state index in [-0.39, 0.29) is 5.56 Å². The lowest BCUT2D eigenvalue weighted by Gasteiger charge is -2.06. The SMILES string of the molecule is CCCCCCCCCCOc1cncc(C(=O)O)c1. The Balaban J connectivity index is 2.06. The normalized spacial score (nSPS) is 10.4. The summed E-state index contributed by atoms with van der Waals surface area (Å²) in [6.45, 7) is 2.85. The fraction of sp³-hybridized carbons (Fsp3) is 0.625. The molecule has 0 amide bonds. The van der Waals surface area contributed by atoms with Crippen LogP contribution in [-0.4, -0.2) is 22.7 Å². The maximum Gasteiger partial charge on any atom is 0.337 e. The van der Waals surface area contributed by atoms with Crippen LogP contribution in [0.15, 0.2) is 18.5 Å². The predicted molar refractivity (Wildman–Crippen MR) is 79.3 cm³/mol. The molecule has 0 fully saturated rings. The minimum absolute atomic E-state index is 0.165. The van der Waals surface area contributed by atoms with Crippen molar-refractivity contribution in [3.05, 3.63) is 24.0 Å². The summed E-state index contributed by atoms with van der Waals surface area (Å²) >= 11 is 0. The van der Waals surface area contributed by atoms with Crippen molar-refractivity contribution in [1.82, 2.24) is 4.98 Å². The number of carboxylic acids is 1. The molecular formula is C16H25NO3. The molecule has 0 aliphatic carbocycles. The van der Waals surface area contributed by atoms with Crippen LogP contribution in [0.4, 0.5) is 0 Å². The van der Waals surface area contributed by atoms with E-state index < -0.39 is 5.97 Å². The predicted octanol–water partition coefficient (Wildman–Crippen LogP) is 4.30. The molecule has 0 aliphatic rings. The number of hydrogen-bond donors (Lipinski definition) is 1. The van der Waals surface area contributed by atoms with Crippen molar-refractivity contribution in [2.24, 2.45) is 0 Å². The molecule has 0 saturated carbocycles. The average Bonchev–Trinajstić information content (AvgIpc) is 2.46. The van der Waals surface area contributed by atoms with Gasteiger partial charge in [-0.1, -0.05) is 51.9 Å². The molecule has 1 heterocycles. The van der Waals surface area contributed by atoms with E-state index in [1.54, 1.807) is 6.20 Å². The van der Waals surface area contributed by atoms with Crippen LogP contribution in [0, 0.1) is 0 Å². The van der Waals surface area contributed by atoms with E-state index in [0.717, 1.165) is 12.8 Å². The molecule has 20 heavy (non-hydrogen) atoms. The largest absolute Gasteiger partial charge is 0.492 e. The summed E-state index contributed by atoms with van der Waals surface area (Å²) in [7, 11) is 0. The summed E-state index contributed by atoms with van der Waals surface area (Å²) in [5.41, 5.74) is 0.165. The number of aromatic nitrogens is 1. The Labute approximate surface area is 121 Å². The number of unbranched alkanes of at least 4 members (excludes halogenated alkanes) is 7. The van der Waals surface area contributed by atoms with Crippen molar-refractivity contribution in [2.75, 3.05) is 6.61 Å². The second-order valence-electron chi connectivity index (χ2n) is 5.04. The van der Waals surface area contributed by atoms with Crippen LogP contribution in [0.25, 0.3) is 0 Å². The summed E-state index contributed by atoms with van der Waals surface area (Å²) in [5, 5.41) is 8.84. The van der Waals surface area contributed by atoms with Crippen LogP contribution in [0.2, 0.25) is 0 Å². The summed E-state index contributed by atoms with van der Waals surface area (Å²) in [5.74, 6) is -0.442. The molecule has 0 aliphatic heterocycles. The zero-order chi connectivity index (χ0) is 14.6. The summed E-state index contributed by atoms with van der Waals surface area (Å²) in [6.07, 6.45) is 12.9. The van der Waals surface area contributed by atoms with E-state index in [2.05, 4.69) is 11.9 Å². The maximum atomic E-state index is 10.8. The van der Waals surface area contributed by atoms with Crippen LogP contribution in [-0.2, 0) is 0 Å². The Hall–Kier alpha value is -1.58. The molecule has 0 saturated heterocycles. The van der Waals surface area contributed by atoms with E-state index in [1.807, 2.05) is 0 Å². The first-order chi connectivity index (χ1) is 9.74. The average molecular weight is 279 g/mol. The van der Waals surface area contributed by atoms with Gasteiger partial charge in [-0.05, 0) is 12.5 Å². The molecule has 1 N–H and O–H groups in total. The fourth-order valence-electron chi connectivity index (χ4n) is 2.04. The third-order valence-electron chi connectivity index (χ3n) is 3.23. The van der Waals surface area contributed by atoms with Gasteiger partial charge in [0.25, 0.3) is 0 Å². The van der Waals surface area contributed by atoms with Crippen LogP contribution in [0.5, 0.6) is 5.75 Å². The molecule has 0 atom stereocenters. The van der Waals surface area contributed by atoms with E-state index in [0.29, 0.717) is 12.4 Å². The monoisotopic (exact) mass is 279 g/mol. The standard InChI is InChI=1S/C16H25NO3/c1-2-3-4-5-6-7-8-9-10-20-15-11-14(16(18)19)12-17-13-15/h11-13H,2-10H2,1H3,(H,18,19). The van der Waals surface area contributed by atoms with E-state index in [9.17, 15) is 4.79 Å². The van der Waals surface area contributed by atoms with E-state index >= 15 is 0 Å². The van der Waals surface area contributed by atoms with Gasteiger partial charge in [-0.2, -0.15) is 0 Å². The molecular weight excluding hydrogens is 254 g/mol. The maximum absolute atomic E-state index is 10.8. The van der Waals surface area contributed by atoms with Crippen molar-refractivity contribution in [1.29, 1.82) is 0 Å². The number of ether oxygens (including phenoxy) is 1. The van der Waals surface area contributed by atoms with Gasteiger partial charge in [0.2, 0.25) is 0 Å². The Bertz CT molecular complexity index is 393. The van der Waals surface area contributed by atoms with Crippen molar-refractivity contribution in [3.63, 3.8) is 0 Å². The van der Waals surface area contributed by atoms with E-state index in [4.69, 9.17) is 9.84 Å². The Morgan fingerprint density at radius 1 is 1.10 bits per heavy atom. The molecule has 0 radical (unpaired) electrons. The number of carboxylic acid groups (broad SMARTS) is 1. The van der Waals surface area contributed by atoms with Gasteiger partial charge < -0.3 is 9.84 Å². The van der Waals surface area contributed by atoms with Gasteiger partial charge in [0.05, 0.1) is 18.4 Å². The molecule has 1 rings (SSSR count). The molecule has 4 heteroatoms. The van der Waals surface area contributed by atoms with E-state index in [1.165, 1.54) is 50.8 Å². The smallest absolute Gasteiger partial charge is 0.337 e. The van der Waals surface area contributed by atoms with Gasteiger partial charge in [0.15, 0.2) is 0 Å². The van der Waals surface area contributed by atoms with Crippen LogP contribution >= 0.6 is 0 Å². The fourth-order valence-corrected chi connectivity index (χ4v) is 2.04. The van der Waals surface area contributed by atoms with Crippen molar-refractivity contribution in [3.8, 4) is 5.75 Å². The van der Waals surface area contributed by atoms with Gasteiger partial charge in [0, 0.05) is 6.20 Å². The Morgan fingerprint density at radius 3 is 2.40 bits per heavy atom. The summed E-state index contributed by atoms with van der Waals surface area (Å²) in [6, 6.07) is 1.51. The van der Waals surface area contributed by atoms with Crippen molar-refractivity contribution in [2.45, 2.75) is 58.3 Å². The third kappa shape index (κ3) is 7.12. The molecule has 0 unspecified atom stereocenters. The summed E-state index contributed by atoms with van der Waals surface area (Å²) < 4.78 is 5.52. The van der Waals surface area contributed by atoms with Gasteiger partial charge in [-0.25, -0.2) is 4.79 Å². The number of rotatable bonds is 11. The van der Waals surface area contributed by atoms with Crippen LogP contribution in [0.1, 0.15) is 68.6 Å². The number of hydrogen-bond acceptors (Lipinski definition) is 3. The quantitative estimate of drug-likeness (QED) is 0.613. The van der Waals surface area contributed by atoms with Gasteiger partial charge in [0.1, 0.15) is 5.75 Å². The van der Waals surface area contributed by atoms with Crippen LogP contribution in [0.3, 0.4) is 0 Å². The number of pyridine rings is 1. The van der Waals surface area contributed by atoms with Crippen molar-refractivity contribution < 1.29 is 14.6 Å². The Morgan fingerprint density at radius 2 is 1.75 bits per heavy atom. The molecule has 1 aromatic rings. The lowest BCUT2D eigenvalue weighted by atomic mass is 10.1. The topological polar surface area (TPSA) is 59.4 Å². The van der Waals surface area contributed by atoms with Gasteiger partial charge in [-0.3, -0.25) is 4.98 Å². The lowest BCUT2D eigenvalue weighted by Crippen LogP contribution is -2.01. The second-order valence-corrected chi connectivity index (χ2v) is 5.04. The zero-order valence-corrected chi connectivity index (χ0v) is 12.3. The minimum Gasteiger partial charge on any atom is -0.492 e. The highest BCUT2D eigenvalue weighted by molar-refractivity contribution is 5.87. The molecule has 0 bridgehead atoms. The molecule has 0 spiro atoms. The first-order valence-electron chi connectivity index (χ1n) is 7.55. The summed E-state index contributed by atoms with van der Waals surface area (Å²) in [4.78, 5) is 14.6. The molecule has 4 nitrogen and oxygen atoms in total. The molecule has 112 valence electrons. The highest BCUT2D eigenvalue weighted by Gasteiger charge is 2.04. The van der Waals surface area contributed by atoms with Gasteiger partial charge in [-0.15, -0.1) is 0 Å². The lowest BCUT2D eigenvalue weighted by molar-refractivity contribution is 0.0696. The highest BCUT2D eigenvalue weighted by atomic mass is 16.5. The first-order valence-corrected chi connectivity index (χ1v) is 7.55. The van der Waals surface area contributed by atoms with Gasteiger partial charge >= 0.3 is 5.97 Å². The number of nitrogens with zero attached hydrogens (tertiary/aromatic N) is 1. The highest BCUT2D eigenvalue weighted by Crippen LogP contribution is 2.13. The Kier molecular flexibility index (Phi) is 8.43. The van der Waals surface area contributed by atoms with Crippen LogP contribution < -0.4 is 4.74 Å². The third-order valence-corrected chi connectivity index (χ3v) is 3.23. The zero-order valence-electron chi connectivity index (χ0n) is 12.3. The second kappa shape index (κ2) is 10.2. The number of aromatic carboxylic acids is 1. The number of carbonyl (C=O) groups is 1. The minimum atomic E-state index is -0.977. The van der Waals surface area contributed by atoms with Crippen molar-refractivity contribution >= 4 is 5.97 Å². The first kappa shape index (κ1) is 16.5. The molecule has 1 aromatic heterocycles. The molecule has 0 aromatic carbocycles.